The number of nitrogens with zero attached hydrogens (tertiary/aromatic N) is 5. The van der Waals surface area contributed by atoms with Gasteiger partial charge in [0.25, 0.3) is 0 Å². The number of rotatable bonds is 6. The van der Waals surface area contributed by atoms with Gasteiger partial charge in [-0.2, -0.15) is 0 Å². The zero-order valence-corrected chi connectivity index (χ0v) is 34.6. The fourth-order valence-corrected chi connectivity index (χ4v) is 9.94. The maximum Gasteiger partial charge on any atom is 0.164 e. The molecule has 0 aliphatic rings. The highest BCUT2D eigenvalue weighted by atomic mass is 15.0. The molecule has 0 saturated carbocycles. The van der Waals surface area contributed by atoms with Crippen molar-refractivity contribution >= 4 is 65.2 Å². The van der Waals surface area contributed by atoms with Crippen LogP contribution in [0.15, 0.2) is 224 Å². The van der Waals surface area contributed by atoms with Crippen molar-refractivity contribution in [2.75, 3.05) is 0 Å². The van der Waals surface area contributed by atoms with E-state index in [1.54, 1.807) is 0 Å². The molecule has 5 heteroatoms. The van der Waals surface area contributed by atoms with Crippen LogP contribution in [0.5, 0.6) is 0 Å². The third-order valence-corrected chi connectivity index (χ3v) is 12.7. The van der Waals surface area contributed by atoms with Crippen LogP contribution in [0, 0.1) is 0 Å². The van der Waals surface area contributed by atoms with Crippen LogP contribution in [0.2, 0.25) is 0 Å². The SMILES string of the molecule is c1ccc(-c2cccc(-n3c4ccccc4c4c5c6c7ccccc7c7ccccc7c6n(-c6cccc(-c7nc(-c8ccccc8)nc(-c8ccccc8)n7)c6)c5ccc43)c2)cc1. The van der Waals surface area contributed by atoms with E-state index in [2.05, 4.69) is 197 Å². The van der Waals surface area contributed by atoms with Gasteiger partial charge in [0, 0.05) is 55.0 Å². The minimum absolute atomic E-state index is 0.619. The first-order valence-corrected chi connectivity index (χ1v) is 21.7. The summed E-state index contributed by atoms with van der Waals surface area (Å²) in [4.78, 5) is 15.3. The molecule has 0 radical (unpaired) electrons. The standard InChI is InChI=1S/C59H37N5/c1-4-18-38(19-5-1)41-24-16-26-43(36-41)63-50-33-15-14-32-49(50)53-51(63)34-35-52-55(53)54-47-30-12-10-28-45(47)46-29-11-13-31-48(46)56(54)64(52)44-27-17-25-42(37-44)59-61-57(39-20-6-2-7-21-39)60-58(62-59)40-22-8-3-9-23-40/h1-37H. The molecule has 5 nitrogen and oxygen atoms in total. The normalized spacial score (nSPS) is 11.8. The Hall–Kier alpha value is -8.67. The topological polar surface area (TPSA) is 48.5 Å². The van der Waals surface area contributed by atoms with Crippen molar-refractivity contribution < 1.29 is 0 Å². The average molecular weight is 816 g/mol. The van der Waals surface area contributed by atoms with Crippen LogP contribution in [-0.4, -0.2) is 24.1 Å². The zero-order valence-electron chi connectivity index (χ0n) is 34.6. The number of benzene rings is 10. The van der Waals surface area contributed by atoms with Crippen molar-refractivity contribution in [1.82, 2.24) is 24.1 Å². The van der Waals surface area contributed by atoms with Crippen LogP contribution in [0.3, 0.4) is 0 Å². The summed E-state index contributed by atoms with van der Waals surface area (Å²) in [6, 6.07) is 79.9. The summed E-state index contributed by atoms with van der Waals surface area (Å²) in [5.74, 6) is 1.89. The van der Waals surface area contributed by atoms with E-state index in [0.29, 0.717) is 17.5 Å². The minimum atomic E-state index is 0.619. The van der Waals surface area contributed by atoms with Crippen LogP contribution in [0.4, 0.5) is 0 Å². The first-order valence-electron chi connectivity index (χ1n) is 21.7. The quantitative estimate of drug-likeness (QED) is 0.157. The Kier molecular flexibility index (Phi) is 8.15. The highest BCUT2D eigenvalue weighted by Crippen LogP contribution is 2.47. The Bertz CT molecular complexity index is 3890. The summed E-state index contributed by atoms with van der Waals surface area (Å²) < 4.78 is 4.92. The molecule has 0 spiro atoms. The lowest BCUT2D eigenvalue weighted by Gasteiger charge is -2.13. The fourth-order valence-electron chi connectivity index (χ4n) is 9.94. The number of aromatic nitrogens is 5. The van der Waals surface area contributed by atoms with Gasteiger partial charge < -0.3 is 9.13 Å². The van der Waals surface area contributed by atoms with E-state index in [1.165, 1.54) is 65.3 Å². The van der Waals surface area contributed by atoms with Gasteiger partial charge in [-0.25, -0.2) is 15.0 Å². The average Bonchev–Trinajstić information content (AvgIpc) is 3.91. The molecule has 0 saturated heterocycles. The van der Waals surface area contributed by atoms with Crippen molar-refractivity contribution in [2.24, 2.45) is 0 Å². The predicted molar refractivity (Wildman–Crippen MR) is 265 cm³/mol. The molecule has 0 aliphatic heterocycles. The highest BCUT2D eigenvalue weighted by Gasteiger charge is 2.24. The molecule has 0 amide bonds. The highest BCUT2D eigenvalue weighted by molar-refractivity contribution is 6.38. The van der Waals surface area contributed by atoms with Gasteiger partial charge in [-0.3, -0.25) is 0 Å². The molecule has 0 bridgehead atoms. The van der Waals surface area contributed by atoms with Gasteiger partial charge in [0.1, 0.15) is 0 Å². The molecule has 13 aromatic rings. The van der Waals surface area contributed by atoms with Crippen molar-refractivity contribution in [3.05, 3.63) is 224 Å². The van der Waals surface area contributed by atoms with Gasteiger partial charge in [-0.1, -0.05) is 182 Å². The van der Waals surface area contributed by atoms with E-state index < -0.39 is 0 Å². The molecule has 13 rings (SSSR count). The Morgan fingerprint density at radius 2 is 0.688 bits per heavy atom. The molecule has 0 fully saturated rings. The Morgan fingerprint density at radius 3 is 1.33 bits per heavy atom. The lowest BCUT2D eigenvalue weighted by Crippen LogP contribution is -2.01. The lowest BCUT2D eigenvalue weighted by atomic mass is 9.95. The van der Waals surface area contributed by atoms with Crippen molar-refractivity contribution in [2.45, 2.75) is 0 Å². The van der Waals surface area contributed by atoms with Gasteiger partial charge in [0.15, 0.2) is 17.5 Å². The van der Waals surface area contributed by atoms with Gasteiger partial charge in [0.2, 0.25) is 0 Å². The molecular formula is C59H37N5. The van der Waals surface area contributed by atoms with Crippen molar-refractivity contribution in [1.29, 1.82) is 0 Å². The minimum Gasteiger partial charge on any atom is -0.309 e. The maximum absolute atomic E-state index is 5.14. The molecular weight excluding hydrogens is 779 g/mol. The van der Waals surface area contributed by atoms with E-state index in [0.717, 1.165) is 39.1 Å². The lowest BCUT2D eigenvalue weighted by molar-refractivity contribution is 1.07. The molecule has 10 aromatic carbocycles. The monoisotopic (exact) mass is 815 g/mol. The molecule has 0 N–H and O–H groups in total. The largest absolute Gasteiger partial charge is 0.309 e. The third-order valence-electron chi connectivity index (χ3n) is 12.7. The number of hydrogen-bond acceptors (Lipinski definition) is 3. The Labute approximate surface area is 368 Å². The number of fused-ring (bicyclic) bond motifs is 12. The smallest absolute Gasteiger partial charge is 0.164 e. The summed E-state index contributed by atoms with van der Waals surface area (Å²) in [6.07, 6.45) is 0. The Balaban J connectivity index is 1.13. The number of hydrogen-bond donors (Lipinski definition) is 0. The van der Waals surface area contributed by atoms with Crippen LogP contribution < -0.4 is 0 Å². The molecule has 0 unspecified atom stereocenters. The molecule has 0 atom stereocenters. The van der Waals surface area contributed by atoms with Gasteiger partial charge >= 0.3 is 0 Å². The first kappa shape index (κ1) is 36.0. The summed E-state index contributed by atoms with van der Waals surface area (Å²) in [6.45, 7) is 0. The van der Waals surface area contributed by atoms with Crippen molar-refractivity contribution in [3.63, 3.8) is 0 Å². The molecule has 298 valence electrons. The number of para-hydroxylation sites is 1. The second-order valence-electron chi connectivity index (χ2n) is 16.4. The predicted octanol–water partition coefficient (Wildman–Crippen LogP) is 15.0. The van der Waals surface area contributed by atoms with Crippen LogP contribution in [-0.2, 0) is 0 Å². The summed E-state index contributed by atoms with van der Waals surface area (Å²) >= 11 is 0. The third kappa shape index (κ3) is 5.61. The van der Waals surface area contributed by atoms with Crippen molar-refractivity contribution in [3.8, 4) is 56.7 Å². The van der Waals surface area contributed by atoms with E-state index >= 15 is 0 Å². The maximum atomic E-state index is 5.14. The summed E-state index contributed by atoms with van der Waals surface area (Å²) in [5.41, 5.74) is 12.0. The summed E-state index contributed by atoms with van der Waals surface area (Å²) in [5, 5.41) is 9.79. The van der Waals surface area contributed by atoms with E-state index in [9.17, 15) is 0 Å². The van der Waals surface area contributed by atoms with E-state index in [4.69, 9.17) is 15.0 Å². The second-order valence-corrected chi connectivity index (χ2v) is 16.4. The van der Waals surface area contributed by atoms with E-state index in [1.807, 2.05) is 36.4 Å². The second kappa shape index (κ2) is 14.5. The summed E-state index contributed by atoms with van der Waals surface area (Å²) in [7, 11) is 0. The molecule has 0 aliphatic carbocycles. The molecule has 3 heterocycles. The zero-order chi connectivity index (χ0) is 42.1. The molecule has 3 aromatic heterocycles. The van der Waals surface area contributed by atoms with Crippen LogP contribution in [0.25, 0.3) is 122 Å². The molecule has 64 heavy (non-hydrogen) atoms. The van der Waals surface area contributed by atoms with Gasteiger partial charge in [-0.15, -0.1) is 0 Å². The van der Waals surface area contributed by atoms with Gasteiger partial charge in [0.05, 0.1) is 22.1 Å². The van der Waals surface area contributed by atoms with Gasteiger partial charge in [-0.05, 0) is 69.8 Å². The van der Waals surface area contributed by atoms with Crippen LogP contribution >= 0.6 is 0 Å². The van der Waals surface area contributed by atoms with Crippen LogP contribution in [0.1, 0.15) is 0 Å². The van der Waals surface area contributed by atoms with E-state index in [-0.39, 0.29) is 0 Å². The first-order chi connectivity index (χ1) is 31.8. The fraction of sp³-hybridized carbons (Fsp3) is 0. The Morgan fingerprint density at radius 1 is 0.250 bits per heavy atom.